The lowest BCUT2D eigenvalue weighted by molar-refractivity contribution is -0.855. The van der Waals surface area contributed by atoms with Crippen LogP contribution in [0.4, 0.5) is 0 Å². The first-order chi connectivity index (χ1) is 6.13. The Kier molecular flexibility index (Phi) is 5.81. The van der Waals surface area contributed by atoms with Gasteiger partial charge >= 0.3 is 5.91 Å². The molecule has 0 aliphatic heterocycles. The van der Waals surface area contributed by atoms with E-state index in [4.69, 9.17) is 15.3 Å². The summed E-state index contributed by atoms with van der Waals surface area (Å²) in [5, 5.41) is 26.3. The molecule has 78 valence electrons. The van der Waals surface area contributed by atoms with Crippen LogP contribution in [0.15, 0.2) is 0 Å². The Labute approximate surface area is 77.8 Å². The number of carbonyl (C=O) groups is 1. The first-order valence-corrected chi connectivity index (χ1v) is 4.33. The zero-order valence-corrected chi connectivity index (χ0v) is 7.94. The molecule has 5 heteroatoms. The first kappa shape index (κ1) is 12.5. The minimum absolute atomic E-state index is 0.0521. The summed E-state index contributed by atoms with van der Waals surface area (Å²) < 4.78 is -0.0521. The number of carbonyl (C=O) groups excluding carboxylic acids is 1. The predicted molar refractivity (Wildman–Crippen MR) is 46.8 cm³/mol. The number of aliphatic hydroxyl groups excluding tert-OH is 3. The second kappa shape index (κ2) is 6.04. The molecular formula is C8H18NO4+. The zero-order chi connectivity index (χ0) is 10.3. The number of hydrogen-bond acceptors (Lipinski definition) is 4. The van der Waals surface area contributed by atoms with Crippen LogP contribution < -0.4 is 0 Å². The van der Waals surface area contributed by atoms with Crippen molar-refractivity contribution in [2.24, 2.45) is 0 Å². The van der Waals surface area contributed by atoms with Gasteiger partial charge < -0.3 is 15.3 Å². The monoisotopic (exact) mass is 192 g/mol. The maximum Gasteiger partial charge on any atom is 0.310 e. The Balaban J connectivity index is 4.48. The molecule has 0 atom stereocenters. The average molecular weight is 192 g/mol. The van der Waals surface area contributed by atoms with Crippen LogP contribution in [0.1, 0.15) is 6.92 Å². The van der Waals surface area contributed by atoms with E-state index in [-0.39, 0.29) is 49.8 Å². The van der Waals surface area contributed by atoms with Crippen molar-refractivity contribution in [2.75, 3.05) is 39.5 Å². The average Bonchev–Trinajstić information content (AvgIpc) is 2.05. The molecule has 13 heavy (non-hydrogen) atoms. The van der Waals surface area contributed by atoms with E-state index >= 15 is 0 Å². The van der Waals surface area contributed by atoms with Crippen LogP contribution in [0.2, 0.25) is 0 Å². The van der Waals surface area contributed by atoms with Gasteiger partial charge in [0.15, 0.2) is 0 Å². The van der Waals surface area contributed by atoms with Crippen molar-refractivity contribution >= 4 is 5.91 Å². The maximum atomic E-state index is 11.3. The Bertz CT molecular complexity index is 143. The summed E-state index contributed by atoms with van der Waals surface area (Å²) in [4.78, 5) is 11.3. The van der Waals surface area contributed by atoms with E-state index in [0.717, 1.165) is 0 Å². The molecule has 5 nitrogen and oxygen atoms in total. The summed E-state index contributed by atoms with van der Waals surface area (Å²) in [6.07, 6.45) is 0. The van der Waals surface area contributed by atoms with Gasteiger partial charge in [0, 0.05) is 0 Å². The lowest BCUT2D eigenvalue weighted by Crippen LogP contribution is -2.56. The lowest BCUT2D eigenvalue weighted by atomic mass is 10.3. The first-order valence-electron chi connectivity index (χ1n) is 4.33. The third-order valence-electron chi connectivity index (χ3n) is 2.25. The Morgan fingerprint density at radius 1 is 1.00 bits per heavy atom. The zero-order valence-electron chi connectivity index (χ0n) is 7.94. The van der Waals surface area contributed by atoms with Crippen molar-refractivity contribution in [2.45, 2.75) is 6.92 Å². The molecule has 0 aliphatic carbocycles. The van der Waals surface area contributed by atoms with Gasteiger partial charge in [0.1, 0.15) is 19.6 Å². The third-order valence-corrected chi connectivity index (χ3v) is 2.25. The fraction of sp³-hybridized carbons (Fsp3) is 0.875. The summed E-state index contributed by atoms with van der Waals surface area (Å²) in [6.45, 7) is 1.77. The van der Waals surface area contributed by atoms with E-state index in [2.05, 4.69) is 0 Å². The fourth-order valence-electron chi connectivity index (χ4n) is 1.38. The normalized spacial score (nSPS) is 11.7. The minimum atomic E-state index is -0.142. The highest BCUT2D eigenvalue weighted by Crippen LogP contribution is 2.06. The molecule has 0 spiro atoms. The van der Waals surface area contributed by atoms with Crippen molar-refractivity contribution in [3.05, 3.63) is 0 Å². The van der Waals surface area contributed by atoms with Gasteiger partial charge in [0.25, 0.3) is 0 Å². The number of rotatable bonds is 6. The molecule has 0 fully saturated rings. The van der Waals surface area contributed by atoms with Crippen LogP contribution in [0.3, 0.4) is 0 Å². The highest BCUT2D eigenvalue weighted by Gasteiger charge is 2.31. The summed E-state index contributed by atoms with van der Waals surface area (Å²) in [5.41, 5.74) is 0. The van der Waals surface area contributed by atoms with Crippen molar-refractivity contribution in [3.63, 3.8) is 0 Å². The second-order valence-electron chi connectivity index (χ2n) is 3.01. The molecule has 0 aromatic carbocycles. The van der Waals surface area contributed by atoms with Gasteiger partial charge in [0.2, 0.25) is 0 Å². The van der Waals surface area contributed by atoms with E-state index < -0.39 is 0 Å². The Hall–Kier alpha value is -0.490. The molecular weight excluding hydrogens is 174 g/mol. The molecule has 0 radical (unpaired) electrons. The van der Waals surface area contributed by atoms with Gasteiger partial charge in [-0.1, -0.05) is 0 Å². The van der Waals surface area contributed by atoms with Gasteiger partial charge in [-0.25, -0.2) is 4.79 Å². The van der Waals surface area contributed by atoms with E-state index in [1.54, 1.807) is 0 Å². The van der Waals surface area contributed by atoms with E-state index in [0.29, 0.717) is 0 Å². The smallest absolute Gasteiger partial charge is 0.310 e. The fourth-order valence-corrected chi connectivity index (χ4v) is 1.38. The van der Waals surface area contributed by atoms with E-state index in [1.165, 1.54) is 6.92 Å². The van der Waals surface area contributed by atoms with Gasteiger partial charge in [-0.15, -0.1) is 0 Å². The summed E-state index contributed by atoms with van der Waals surface area (Å²) in [6, 6.07) is 0. The van der Waals surface area contributed by atoms with Gasteiger partial charge in [-0.2, -0.15) is 0 Å². The van der Waals surface area contributed by atoms with Crippen LogP contribution in [-0.2, 0) is 4.79 Å². The van der Waals surface area contributed by atoms with Gasteiger partial charge in [0.05, 0.1) is 26.7 Å². The van der Waals surface area contributed by atoms with Crippen molar-refractivity contribution in [1.82, 2.24) is 0 Å². The number of aliphatic hydroxyl groups is 3. The van der Waals surface area contributed by atoms with Crippen LogP contribution in [0, 0.1) is 0 Å². The predicted octanol–water partition coefficient (Wildman–Crippen LogP) is -1.67. The standard InChI is InChI=1S/C8H18NO4/c1-8(13)9(2-5-10,3-6-11)4-7-12/h10-12H,2-7H2,1H3/q+1. The van der Waals surface area contributed by atoms with Gasteiger partial charge in [-0.3, -0.25) is 4.48 Å². The second-order valence-corrected chi connectivity index (χ2v) is 3.01. The summed E-state index contributed by atoms with van der Waals surface area (Å²) in [7, 11) is 0. The molecule has 3 N–H and O–H groups in total. The van der Waals surface area contributed by atoms with Crippen molar-refractivity contribution in [3.8, 4) is 0 Å². The largest absolute Gasteiger partial charge is 0.390 e. The van der Waals surface area contributed by atoms with Crippen molar-refractivity contribution < 1.29 is 24.6 Å². The molecule has 0 saturated heterocycles. The van der Waals surface area contributed by atoms with Crippen molar-refractivity contribution in [1.29, 1.82) is 0 Å². The van der Waals surface area contributed by atoms with Crippen LogP contribution >= 0.6 is 0 Å². The van der Waals surface area contributed by atoms with E-state index in [9.17, 15) is 4.79 Å². The number of nitrogens with zero attached hydrogens (tertiary/aromatic N) is 1. The van der Waals surface area contributed by atoms with Crippen LogP contribution in [0.5, 0.6) is 0 Å². The van der Waals surface area contributed by atoms with E-state index in [1.807, 2.05) is 0 Å². The molecule has 0 saturated carbocycles. The molecule has 0 aliphatic rings. The molecule has 0 heterocycles. The third kappa shape index (κ3) is 3.40. The highest BCUT2D eigenvalue weighted by atomic mass is 16.3. The topological polar surface area (TPSA) is 77.8 Å². The molecule has 1 amide bonds. The maximum absolute atomic E-state index is 11.3. The quantitative estimate of drug-likeness (QED) is 0.440. The number of hydrogen-bond donors (Lipinski definition) is 3. The Morgan fingerprint density at radius 2 is 1.31 bits per heavy atom. The van der Waals surface area contributed by atoms with Crippen LogP contribution in [0.25, 0.3) is 0 Å². The summed E-state index contributed by atoms with van der Waals surface area (Å²) >= 11 is 0. The number of quaternary nitrogens is 1. The molecule has 0 rings (SSSR count). The van der Waals surface area contributed by atoms with Crippen LogP contribution in [-0.4, -0.2) is 65.2 Å². The Morgan fingerprint density at radius 3 is 1.46 bits per heavy atom. The molecule has 0 aromatic rings. The highest BCUT2D eigenvalue weighted by molar-refractivity contribution is 5.65. The minimum Gasteiger partial charge on any atom is -0.390 e. The molecule has 0 unspecified atom stereocenters. The number of amides is 1. The SMILES string of the molecule is CC(=O)[N+](CCO)(CCO)CCO. The summed E-state index contributed by atoms with van der Waals surface area (Å²) in [5.74, 6) is -0.142. The van der Waals surface area contributed by atoms with Gasteiger partial charge in [-0.05, 0) is 0 Å². The lowest BCUT2D eigenvalue weighted by Gasteiger charge is -2.33. The molecule has 0 bridgehead atoms. The molecule has 0 aromatic heterocycles.